The van der Waals surface area contributed by atoms with Gasteiger partial charge in [-0.2, -0.15) is 0 Å². The maximum absolute atomic E-state index is 2.38. The van der Waals surface area contributed by atoms with E-state index in [0.29, 0.717) is 0 Å². The van der Waals surface area contributed by atoms with Crippen molar-refractivity contribution < 1.29 is 0 Å². The molecule has 0 N–H and O–H groups in total. The zero-order chi connectivity index (χ0) is 12.6. The predicted octanol–water partition coefficient (Wildman–Crippen LogP) is 6.43. The van der Waals surface area contributed by atoms with Gasteiger partial charge in [0.25, 0.3) is 0 Å². The summed E-state index contributed by atoms with van der Waals surface area (Å²) in [7, 11) is 0. The highest BCUT2D eigenvalue weighted by molar-refractivity contribution is 4.84. The van der Waals surface area contributed by atoms with Crippen LogP contribution in [0.4, 0.5) is 0 Å². The van der Waals surface area contributed by atoms with Gasteiger partial charge in [0, 0.05) is 0 Å². The van der Waals surface area contributed by atoms with Crippen molar-refractivity contribution in [1.29, 1.82) is 0 Å². The van der Waals surface area contributed by atoms with Gasteiger partial charge in [0.1, 0.15) is 0 Å². The van der Waals surface area contributed by atoms with Crippen molar-refractivity contribution in [3.05, 3.63) is 24.3 Å². The van der Waals surface area contributed by atoms with E-state index in [9.17, 15) is 0 Å². The quantitative estimate of drug-likeness (QED) is 0.270. The fraction of sp³-hybridized carbons (Fsp3) is 0.765. The van der Waals surface area contributed by atoms with Crippen molar-refractivity contribution >= 4 is 0 Å². The van der Waals surface area contributed by atoms with E-state index in [0.717, 1.165) is 0 Å². The van der Waals surface area contributed by atoms with Crippen LogP contribution < -0.4 is 0 Å². The van der Waals surface area contributed by atoms with Gasteiger partial charge in [0.15, 0.2) is 0 Å². The molecule has 0 aliphatic rings. The number of hydrogen-bond donors (Lipinski definition) is 0. The minimum Gasteiger partial charge on any atom is -0.0888 e. The monoisotopic (exact) mass is 236 g/mol. The van der Waals surface area contributed by atoms with Crippen LogP contribution in [0.5, 0.6) is 0 Å². The highest BCUT2D eigenvalue weighted by atomic mass is 13.9. The second-order valence-corrected chi connectivity index (χ2v) is 4.84. The number of unbranched alkanes of at least 4 members (excludes halogenated alkanes) is 8. The number of rotatable bonds is 12. The van der Waals surface area contributed by atoms with E-state index in [1.54, 1.807) is 0 Å². The van der Waals surface area contributed by atoms with Gasteiger partial charge in [0.05, 0.1) is 0 Å². The molecule has 0 fully saturated rings. The molecule has 0 aromatic rings. The molecule has 0 aliphatic heterocycles. The van der Waals surface area contributed by atoms with Gasteiger partial charge in [-0.25, -0.2) is 0 Å². The van der Waals surface area contributed by atoms with Crippen LogP contribution in [0.2, 0.25) is 0 Å². The topological polar surface area (TPSA) is 0 Å². The maximum Gasteiger partial charge on any atom is -0.0348 e. The van der Waals surface area contributed by atoms with E-state index in [-0.39, 0.29) is 0 Å². The van der Waals surface area contributed by atoms with Gasteiger partial charge in [-0.1, -0.05) is 70.3 Å². The third-order valence-electron chi connectivity index (χ3n) is 3.03. The molecule has 0 aliphatic carbocycles. The van der Waals surface area contributed by atoms with Crippen LogP contribution in [-0.2, 0) is 0 Å². The molecule has 0 heteroatoms. The zero-order valence-electron chi connectivity index (χ0n) is 12.1. The molecule has 0 nitrogen and oxygen atoms in total. The van der Waals surface area contributed by atoms with Gasteiger partial charge >= 0.3 is 0 Å². The van der Waals surface area contributed by atoms with E-state index in [1.807, 2.05) is 0 Å². The van der Waals surface area contributed by atoms with Crippen molar-refractivity contribution in [3.63, 3.8) is 0 Å². The fourth-order valence-electron chi connectivity index (χ4n) is 1.92. The maximum atomic E-state index is 2.38. The zero-order valence-corrected chi connectivity index (χ0v) is 12.1. The lowest BCUT2D eigenvalue weighted by molar-refractivity contribution is 0.611. The molecule has 0 aromatic heterocycles. The summed E-state index contributed by atoms with van der Waals surface area (Å²) in [5.41, 5.74) is 0. The molecule has 0 unspecified atom stereocenters. The molecule has 0 radical (unpaired) electrons. The van der Waals surface area contributed by atoms with Crippen LogP contribution in [0.15, 0.2) is 24.3 Å². The summed E-state index contributed by atoms with van der Waals surface area (Å²) in [5.74, 6) is 0. The molecular formula is C17H32. The highest BCUT2D eigenvalue weighted by Gasteiger charge is 1.88. The predicted molar refractivity (Wildman–Crippen MR) is 80.4 cm³/mol. The molecule has 17 heavy (non-hydrogen) atoms. The highest BCUT2D eigenvalue weighted by Crippen LogP contribution is 2.07. The van der Waals surface area contributed by atoms with E-state index >= 15 is 0 Å². The second-order valence-electron chi connectivity index (χ2n) is 4.84. The first-order chi connectivity index (χ1) is 8.41. The molecule has 0 bridgehead atoms. The smallest absolute Gasteiger partial charge is 0.0348 e. The lowest BCUT2D eigenvalue weighted by atomic mass is 10.1. The molecule has 0 aromatic carbocycles. The lowest BCUT2D eigenvalue weighted by Crippen LogP contribution is -1.77. The first kappa shape index (κ1) is 16.5. The van der Waals surface area contributed by atoms with Gasteiger partial charge < -0.3 is 0 Å². The molecule has 0 heterocycles. The third-order valence-corrected chi connectivity index (χ3v) is 3.03. The Morgan fingerprint density at radius 2 is 1.06 bits per heavy atom. The summed E-state index contributed by atoms with van der Waals surface area (Å²) in [5, 5.41) is 0. The van der Waals surface area contributed by atoms with E-state index < -0.39 is 0 Å². The Bertz CT molecular complexity index is 176. The molecule has 0 saturated carbocycles. The lowest BCUT2D eigenvalue weighted by Gasteiger charge is -1.97. The third kappa shape index (κ3) is 15.5. The van der Waals surface area contributed by atoms with Crippen molar-refractivity contribution in [2.24, 2.45) is 0 Å². The van der Waals surface area contributed by atoms with Crippen LogP contribution >= 0.6 is 0 Å². The minimum absolute atomic E-state index is 1.17. The SMILES string of the molecule is CC/C=C\CCC/C=C\CCCCCCCC. The molecule has 0 saturated heterocycles. The molecule has 0 amide bonds. The van der Waals surface area contributed by atoms with Crippen molar-refractivity contribution in [2.75, 3.05) is 0 Å². The van der Waals surface area contributed by atoms with Crippen LogP contribution in [0.25, 0.3) is 0 Å². The molecule has 0 rings (SSSR count). The normalized spacial score (nSPS) is 11.9. The van der Waals surface area contributed by atoms with Crippen LogP contribution in [-0.4, -0.2) is 0 Å². The average molecular weight is 236 g/mol. The van der Waals surface area contributed by atoms with Gasteiger partial charge in [-0.3, -0.25) is 0 Å². The number of hydrogen-bond acceptors (Lipinski definition) is 0. The van der Waals surface area contributed by atoms with Crippen molar-refractivity contribution in [1.82, 2.24) is 0 Å². The first-order valence-electron chi connectivity index (χ1n) is 7.71. The van der Waals surface area contributed by atoms with Crippen LogP contribution in [0, 0.1) is 0 Å². The summed E-state index contributed by atoms with van der Waals surface area (Å²) in [6.45, 7) is 4.47. The summed E-state index contributed by atoms with van der Waals surface area (Å²) in [6, 6.07) is 0. The Balaban J connectivity index is 3.07. The van der Waals surface area contributed by atoms with Crippen molar-refractivity contribution in [2.45, 2.75) is 84.5 Å². The summed E-state index contributed by atoms with van der Waals surface area (Å²) < 4.78 is 0. The van der Waals surface area contributed by atoms with E-state index in [4.69, 9.17) is 0 Å². The summed E-state index contributed by atoms with van der Waals surface area (Å²) in [4.78, 5) is 0. The largest absolute Gasteiger partial charge is 0.0888 e. The van der Waals surface area contributed by atoms with Gasteiger partial charge in [0.2, 0.25) is 0 Å². The van der Waals surface area contributed by atoms with Gasteiger partial charge in [-0.15, -0.1) is 0 Å². The fourth-order valence-corrected chi connectivity index (χ4v) is 1.92. The van der Waals surface area contributed by atoms with E-state index in [1.165, 1.54) is 70.6 Å². The molecular weight excluding hydrogens is 204 g/mol. The second kappa shape index (κ2) is 15.5. The Hall–Kier alpha value is -0.520. The van der Waals surface area contributed by atoms with Crippen LogP contribution in [0.1, 0.15) is 84.5 Å². The van der Waals surface area contributed by atoms with E-state index in [2.05, 4.69) is 38.2 Å². The Kier molecular flexibility index (Phi) is 15.0. The number of allylic oxidation sites excluding steroid dienone is 4. The Labute approximate surface area is 109 Å². The molecule has 0 atom stereocenters. The average Bonchev–Trinajstić information content (AvgIpc) is 2.35. The molecule has 0 spiro atoms. The van der Waals surface area contributed by atoms with Gasteiger partial charge in [-0.05, 0) is 38.5 Å². The van der Waals surface area contributed by atoms with Crippen molar-refractivity contribution in [3.8, 4) is 0 Å². The Morgan fingerprint density at radius 3 is 1.71 bits per heavy atom. The summed E-state index contributed by atoms with van der Waals surface area (Å²) in [6.07, 6.45) is 24.0. The summed E-state index contributed by atoms with van der Waals surface area (Å²) >= 11 is 0. The van der Waals surface area contributed by atoms with Crippen LogP contribution in [0.3, 0.4) is 0 Å². The standard InChI is InChI=1S/C17H32/c1-3-5-7-9-11-13-15-17-16-14-12-10-8-6-4-2/h5,7,15,17H,3-4,6,8-14,16H2,1-2H3/b7-5-,17-15-. The molecule has 100 valence electrons. The minimum atomic E-state index is 1.17. The Morgan fingerprint density at radius 1 is 0.529 bits per heavy atom. The first-order valence-corrected chi connectivity index (χ1v) is 7.71.